The molecule has 3 nitrogen and oxygen atoms in total. The fourth-order valence-electron chi connectivity index (χ4n) is 7.54. The van der Waals surface area contributed by atoms with Crippen LogP contribution in [0.15, 0.2) is 182 Å². The standard InChI is InChI=1S/C54H48N2O/c1-53(2,3)46-25-26-52(57)48(36-46)51-35-42(40-23-21-38(22-24-40)29-37-15-9-6-10-16-37)34-50(56-51)44-30-43(31-47(32-44)54(4,5)45-19-13-8-14-20-45)49-33-41(27-28-55-49)39-17-11-7-12-18-39/h6-28,30-36,57H,29H2,1-5H3. The van der Waals surface area contributed by atoms with Crippen molar-refractivity contribution < 1.29 is 5.11 Å². The van der Waals surface area contributed by atoms with E-state index in [1.165, 1.54) is 16.7 Å². The number of hydrogen-bond acceptors (Lipinski definition) is 3. The minimum atomic E-state index is -0.322. The third kappa shape index (κ3) is 8.20. The fourth-order valence-corrected chi connectivity index (χ4v) is 7.54. The lowest BCUT2D eigenvalue weighted by atomic mass is 9.76. The Labute approximate surface area is 337 Å². The van der Waals surface area contributed by atoms with Gasteiger partial charge in [-0.15, -0.1) is 0 Å². The van der Waals surface area contributed by atoms with E-state index in [1.54, 1.807) is 6.07 Å². The molecule has 0 bridgehead atoms. The lowest BCUT2D eigenvalue weighted by Gasteiger charge is -2.27. The molecule has 0 aliphatic rings. The van der Waals surface area contributed by atoms with E-state index in [0.717, 1.165) is 68.0 Å². The number of phenols is 1. The van der Waals surface area contributed by atoms with Crippen LogP contribution >= 0.6 is 0 Å². The fraction of sp³-hybridized carbons (Fsp3) is 0.148. The van der Waals surface area contributed by atoms with Crippen molar-refractivity contribution in [2.45, 2.75) is 51.9 Å². The molecule has 6 aromatic carbocycles. The van der Waals surface area contributed by atoms with E-state index >= 15 is 0 Å². The van der Waals surface area contributed by atoms with Gasteiger partial charge in [-0.3, -0.25) is 4.98 Å². The second-order valence-corrected chi connectivity index (χ2v) is 16.6. The number of pyridine rings is 2. The highest BCUT2D eigenvalue weighted by Gasteiger charge is 2.25. The summed E-state index contributed by atoms with van der Waals surface area (Å²) >= 11 is 0. The normalized spacial score (nSPS) is 11.7. The molecule has 0 atom stereocenters. The van der Waals surface area contributed by atoms with Crippen molar-refractivity contribution in [2.24, 2.45) is 0 Å². The molecule has 57 heavy (non-hydrogen) atoms. The van der Waals surface area contributed by atoms with Crippen LogP contribution in [0, 0.1) is 0 Å². The van der Waals surface area contributed by atoms with Crippen LogP contribution in [0.4, 0.5) is 0 Å². The molecule has 0 saturated heterocycles. The summed E-state index contributed by atoms with van der Waals surface area (Å²) in [5, 5.41) is 11.4. The number of phenolic OH excluding ortho intramolecular Hbond substituents is 1. The zero-order chi connectivity index (χ0) is 39.6. The van der Waals surface area contributed by atoms with Gasteiger partial charge in [0, 0.05) is 28.3 Å². The van der Waals surface area contributed by atoms with Crippen LogP contribution in [-0.2, 0) is 17.3 Å². The van der Waals surface area contributed by atoms with E-state index in [4.69, 9.17) is 9.97 Å². The van der Waals surface area contributed by atoms with Gasteiger partial charge >= 0.3 is 0 Å². The van der Waals surface area contributed by atoms with Gasteiger partial charge in [-0.2, -0.15) is 0 Å². The minimum absolute atomic E-state index is 0.106. The Balaban J connectivity index is 1.32. The molecular formula is C54H48N2O. The summed E-state index contributed by atoms with van der Waals surface area (Å²) in [4.78, 5) is 10.3. The maximum atomic E-state index is 11.4. The summed E-state index contributed by atoms with van der Waals surface area (Å²) in [6.45, 7) is 11.1. The molecule has 0 spiro atoms. The first-order chi connectivity index (χ1) is 27.5. The van der Waals surface area contributed by atoms with Crippen molar-refractivity contribution in [1.82, 2.24) is 9.97 Å². The average molecular weight is 741 g/mol. The Morgan fingerprint density at radius 3 is 1.68 bits per heavy atom. The zero-order valence-corrected chi connectivity index (χ0v) is 33.4. The van der Waals surface area contributed by atoms with Crippen LogP contribution < -0.4 is 0 Å². The first kappa shape index (κ1) is 37.3. The zero-order valence-electron chi connectivity index (χ0n) is 33.4. The number of benzene rings is 6. The van der Waals surface area contributed by atoms with Gasteiger partial charge in [0.15, 0.2) is 0 Å². The molecule has 0 unspecified atom stereocenters. The van der Waals surface area contributed by atoms with Gasteiger partial charge in [0.1, 0.15) is 5.75 Å². The topological polar surface area (TPSA) is 46.0 Å². The number of aromatic hydroxyl groups is 1. The maximum Gasteiger partial charge on any atom is 0.124 e. The molecule has 0 aliphatic carbocycles. The lowest BCUT2D eigenvalue weighted by Crippen LogP contribution is -2.19. The predicted octanol–water partition coefficient (Wildman–Crippen LogP) is 13.7. The summed E-state index contributed by atoms with van der Waals surface area (Å²) in [5.74, 6) is 0.207. The smallest absolute Gasteiger partial charge is 0.124 e. The van der Waals surface area contributed by atoms with Crippen molar-refractivity contribution in [2.75, 3.05) is 0 Å². The van der Waals surface area contributed by atoms with E-state index in [1.807, 2.05) is 18.3 Å². The molecule has 8 aromatic rings. The summed E-state index contributed by atoms with van der Waals surface area (Å²) < 4.78 is 0. The van der Waals surface area contributed by atoms with Gasteiger partial charge in [-0.1, -0.05) is 156 Å². The van der Waals surface area contributed by atoms with Gasteiger partial charge < -0.3 is 5.11 Å². The van der Waals surface area contributed by atoms with E-state index in [0.29, 0.717) is 5.56 Å². The van der Waals surface area contributed by atoms with Crippen LogP contribution in [-0.4, -0.2) is 15.1 Å². The number of aromatic nitrogens is 2. The molecule has 0 fully saturated rings. The first-order valence-electron chi connectivity index (χ1n) is 19.7. The van der Waals surface area contributed by atoms with Gasteiger partial charge in [-0.25, -0.2) is 4.98 Å². The largest absolute Gasteiger partial charge is 0.507 e. The highest BCUT2D eigenvalue weighted by molar-refractivity contribution is 5.81. The van der Waals surface area contributed by atoms with Crippen LogP contribution in [0.2, 0.25) is 0 Å². The summed E-state index contributed by atoms with van der Waals surface area (Å²) in [5.41, 5.74) is 15.1. The van der Waals surface area contributed by atoms with Crippen molar-refractivity contribution in [3.63, 3.8) is 0 Å². The van der Waals surface area contributed by atoms with E-state index in [2.05, 4.69) is 192 Å². The van der Waals surface area contributed by atoms with E-state index < -0.39 is 0 Å². The number of hydrogen-bond donors (Lipinski definition) is 1. The molecule has 280 valence electrons. The SMILES string of the molecule is CC(C)(C)c1ccc(O)c(-c2cc(-c3ccc(Cc4ccccc4)cc3)cc(-c3cc(-c4cc(-c5ccccc5)ccn4)cc(C(C)(C)c4ccccc4)c3)n2)c1. The Morgan fingerprint density at radius 2 is 1.00 bits per heavy atom. The molecule has 0 amide bonds. The van der Waals surface area contributed by atoms with E-state index in [9.17, 15) is 5.11 Å². The van der Waals surface area contributed by atoms with E-state index in [-0.39, 0.29) is 16.6 Å². The number of nitrogens with zero attached hydrogens (tertiary/aromatic N) is 2. The quantitative estimate of drug-likeness (QED) is 0.160. The second-order valence-electron chi connectivity index (χ2n) is 16.6. The van der Waals surface area contributed by atoms with Crippen molar-refractivity contribution in [3.8, 4) is 61.8 Å². The summed E-state index contributed by atoms with van der Waals surface area (Å²) in [6, 6.07) is 61.7. The van der Waals surface area contributed by atoms with Crippen molar-refractivity contribution in [1.29, 1.82) is 0 Å². The Morgan fingerprint density at radius 1 is 0.421 bits per heavy atom. The molecule has 1 N–H and O–H groups in total. The first-order valence-corrected chi connectivity index (χ1v) is 19.7. The van der Waals surface area contributed by atoms with Crippen molar-refractivity contribution >= 4 is 0 Å². The minimum Gasteiger partial charge on any atom is -0.507 e. The Bertz CT molecular complexity index is 2640. The molecule has 2 aromatic heterocycles. The monoisotopic (exact) mass is 740 g/mol. The van der Waals surface area contributed by atoms with Gasteiger partial charge in [0.2, 0.25) is 0 Å². The third-order valence-corrected chi connectivity index (χ3v) is 11.1. The molecule has 0 radical (unpaired) electrons. The molecule has 8 rings (SSSR count). The van der Waals surface area contributed by atoms with Crippen LogP contribution in [0.5, 0.6) is 5.75 Å². The van der Waals surface area contributed by atoms with Crippen LogP contribution in [0.1, 0.15) is 62.4 Å². The second kappa shape index (κ2) is 15.5. The molecule has 0 saturated carbocycles. The molecular weight excluding hydrogens is 693 g/mol. The highest BCUT2D eigenvalue weighted by Crippen LogP contribution is 2.40. The lowest BCUT2D eigenvalue weighted by molar-refractivity contribution is 0.476. The third-order valence-electron chi connectivity index (χ3n) is 11.1. The summed E-state index contributed by atoms with van der Waals surface area (Å²) in [6.07, 6.45) is 2.77. The highest BCUT2D eigenvalue weighted by atomic mass is 16.3. The Kier molecular flexibility index (Phi) is 10.2. The van der Waals surface area contributed by atoms with Crippen LogP contribution in [0.25, 0.3) is 56.0 Å². The number of rotatable bonds is 9. The van der Waals surface area contributed by atoms with Crippen LogP contribution in [0.3, 0.4) is 0 Å². The molecule has 3 heteroatoms. The summed E-state index contributed by atoms with van der Waals surface area (Å²) in [7, 11) is 0. The average Bonchev–Trinajstić information content (AvgIpc) is 3.24. The predicted molar refractivity (Wildman–Crippen MR) is 237 cm³/mol. The molecule has 2 heterocycles. The van der Waals surface area contributed by atoms with Crippen molar-refractivity contribution in [3.05, 3.63) is 210 Å². The van der Waals surface area contributed by atoms with Gasteiger partial charge in [0.25, 0.3) is 0 Å². The van der Waals surface area contributed by atoms with Gasteiger partial charge in [0.05, 0.1) is 17.1 Å². The Hall–Kier alpha value is -6.58. The van der Waals surface area contributed by atoms with Gasteiger partial charge in [-0.05, 0) is 117 Å². The molecule has 0 aliphatic heterocycles. The maximum absolute atomic E-state index is 11.4.